The molecule has 0 saturated heterocycles. The highest BCUT2D eigenvalue weighted by Crippen LogP contribution is 2.26. The molecule has 1 unspecified atom stereocenters. The molecule has 4 nitrogen and oxygen atoms in total. The molecule has 1 fully saturated rings. The molecule has 3 rings (SSSR count). The summed E-state index contributed by atoms with van der Waals surface area (Å²) in [6.07, 6.45) is 4.21. The monoisotopic (exact) mass is 274 g/mol. The molecule has 1 aliphatic carbocycles. The van der Waals surface area contributed by atoms with E-state index in [1.165, 1.54) is 5.56 Å². The van der Waals surface area contributed by atoms with E-state index in [0.29, 0.717) is 12.1 Å². The van der Waals surface area contributed by atoms with Crippen LogP contribution < -0.4 is 10.6 Å². The molecule has 0 spiro atoms. The maximum absolute atomic E-state index is 12.3. The predicted molar refractivity (Wildman–Crippen MR) is 78.8 cm³/mol. The van der Waals surface area contributed by atoms with Crippen molar-refractivity contribution >= 4 is 11.6 Å². The molecular weight excluding hydrogens is 252 g/mol. The largest absolute Gasteiger partial charge is 0.378 e. The smallest absolute Gasteiger partial charge is 0.241 e. The van der Waals surface area contributed by atoms with Gasteiger partial charge in [0, 0.05) is 18.3 Å². The van der Waals surface area contributed by atoms with Gasteiger partial charge in [0.05, 0.1) is 12.1 Å². The summed E-state index contributed by atoms with van der Waals surface area (Å²) in [6, 6.07) is 8.39. The molecule has 1 saturated carbocycles. The zero-order valence-electron chi connectivity index (χ0n) is 11.9. The lowest BCUT2D eigenvalue weighted by molar-refractivity contribution is -0.119. The fourth-order valence-corrected chi connectivity index (χ4v) is 3.03. The first-order valence-electron chi connectivity index (χ1n) is 7.52. The van der Waals surface area contributed by atoms with Crippen LogP contribution >= 0.6 is 0 Å². The van der Waals surface area contributed by atoms with E-state index in [2.05, 4.69) is 16.7 Å². The van der Waals surface area contributed by atoms with Crippen LogP contribution in [0.4, 0.5) is 5.69 Å². The molecule has 4 heteroatoms. The average Bonchev–Trinajstić information content (AvgIpc) is 2.56. The van der Waals surface area contributed by atoms with Gasteiger partial charge in [0.15, 0.2) is 0 Å². The Balaban J connectivity index is 1.56. The molecule has 1 aromatic carbocycles. The highest BCUT2D eigenvalue weighted by atomic mass is 16.5. The second-order valence-electron chi connectivity index (χ2n) is 5.65. The normalized spacial score (nSPS) is 29.1. The first-order chi connectivity index (χ1) is 9.76. The molecule has 20 heavy (non-hydrogen) atoms. The molecule has 1 aliphatic heterocycles. The number of benzene rings is 1. The SMILES string of the molecule is CCOC1CC(NC2CCc3ccccc3NC2=O)C1. The van der Waals surface area contributed by atoms with E-state index in [-0.39, 0.29) is 11.9 Å². The zero-order chi connectivity index (χ0) is 13.9. The van der Waals surface area contributed by atoms with Crippen LogP contribution in [0.1, 0.15) is 31.7 Å². The van der Waals surface area contributed by atoms with E-state index in [4.69, 9.17) is 4.74 Å². The van der Waals surface area contributed by atoms with E-state index in [1.54, 1.807) is 0 Å². The van der Waals surface area contributed by atoms with Crippen molar-refractivity contribution in [2.24, 2.45) is 0 Å². The molecule has 1 amide bonds. The quantitative estimate of drug-likeness (QED) is 0.884. The summed E-state index contributed by atoms with van der Waals surface area (Å²) in [4.78, 5) is 12.3. The molecular formula is C16H22N2O2. The van der Waals surface area contributed by atoms with Gasteiger partial charge in [0.1, 0.15) is 0 Å². The molecule has 108 valence electrons. The van der Waals surface area contributed by atoms with Gasteiger partial charge in [-0.05, 0) is 44.2 Å². The molecule has 0 bridgehead atoms. The van der Waals surface area contributed by atoms with Crippen LogP contribution in [-0.4, -0.2) is 30.7 Å². The summed E-state index contributed by atoms with van der Waals surface area (Å²) in [7, 11) is 0. The number of anilines is 1. The van der Waals surface area contributed by atoms with Gasteiger partial charge in [-0.25, -0.2) is 0 Å². The summed E-state index contributed by atoms with van der Waals surface area (Å²) in [5.41, 5.74) is 2.19. The standard InChI is InChI=1S/C16H22N2O2/c1-2-20-13-9-12(10-13)17-15-8-7-11-5-3-4-6-14(11)18-16(15)19/h3-6,12-13,15,17H,2,7-10H2,1H3,(H,18,19). The Morgan fingerprint density at radius 3 is 2.95 bits per heavy atom. The number of carbonyl (C=O) groups is 1. The highest BCUT2D eigenvalue weighted by Gasteiger charge is 2.33. The third-order valence-electron chi connectivity index (χ3n) is 4.23. The van der Waals surface area contributed by atoms with Crippen LogP contribution in [0.25, 0.3) is 0 Å². The number of hydrogen-bond donors (Lipinski definition) is 2. The molecule has 1 atom stereocenters. The lowest BCUT2D eigenvalue weighted by atomic mass is 9.88. The molecule has 2 N–H and O–H groups in total. The van der Waals surface area contributed by atoms with Gasteiger partial charge in [0.25, 0.3) is 0 Å². The minimum absolute atomic E-state index is 0.0880. The highest BCUT2D eigenvalue weighted by molar-refractivity contribution is 5.96. The van der Waals surface area contributed by atoms with Crippen molar-refractivity contribution in [3.05, 3.63) is 29.8 Å². The fourth-order valence-electron chi connectivity index (χ4n) is 3.03. The number of hydrogen-bond acceptors (Lipinski definition) is 3. The minimum atomic E-state index is -0.0880. The van der Waals surface area contributed by atoms with Crippen molar-refractivity contribution < 1.29 is 9.53 Å². The zero-order valence-corrected chi connectivity index (χ0v) is 11.9. The predicted octanol–water partition coefficient (Wildman–Crippen LogP) is 2.10. The molecule has 1 heterocycles. The van der Waals surface area contributed by atoms with Crippen molar-refractivity contribution in [3.63, 3.8) is 0 Å². The Morgan fingerprint density at radius 2 is 2.15 bits per heavy atom. The van der Waals surface area contributed by atoms with Crippen LogP contribution in [0.15, 0.2) is 24.3 Å². The van der Waals surface area contributed by atoms with Crippen LogP contribution in [0.2, 0.25) is 0 Å². The Kier molecular flexibility index (Phi) is 4.03. The Bertz CT molecular complexity index is 483. The topological polar surface area (TPSA) is 50.4 Å². The molecule has 0 radical (unpaired) electrons. The first kappa shape index (κ1) is 13.6. The van der Waals surface area contributed by atoms with Gasteiger partial charge < -0.3 is 15.4 Å². The van der Waals surface area contributed by atoms with Crippen molar-refractivity contribution in [2.45, 2.75) is 50.8 Å². The lowest BCUT2D eigenvalue weighted by Gasteiger charge is -2.37. The van der Waals surface area contributed by atoms with E-state index in [9.17, 15) is 4.79 Å². The van der Waals surface area contributed by atoms with Crippen LogP contribution in [0.5, 0.6) is 0 Å². The van der Waals surface area contributed by atoms with Gasteiger partial charge in [-0.2, -0.15) is 0 Å². The number of aryl methyl sites for hydroxylation is 1. The Hall–Kier alpha value is -1.39. The fraction of sp³-hybridized carbons (Fsp3) is 0.562. The third kappa shape index (κ3) is 2.86. The maximum atomic E-state index is 12.3. The van der Waals surface area contributed by atoms with E-state index in [0.717, 1.165) is 38.0 Å². The van der Waals surface area contributed by atoms with Crippen molar-refractivity contribution in [1.82, 2.24) is 5.32 Å². The van der Waals surface area contributed by atoms with Crippen molar-refractivity contribution in [3.8, 4) is 0 Å². The molecule has 2 aliphatic rings. The lowest BCUT2D eigenvalue weighted by Crippen LogP contribution is -2.52. The number of fused-ring (bicyclic) bond motifs is 1. The van der Waals surface area contributed by atoms with Crippen molar-refractivity contribution in [2.75, 3.05) is 11.9 Å². The van der Waals surface area contributed by atoms with E-state index in [1.807, 2.05) is 25.1 Å². The minimum Gasteiger partial charge on any atom is -0.378 e. The summed E-state index contributed by atoms with van der Waals surface area (Å²) >= 11 is 0. The van der Waals surface area contributed by atoms with Gasteiger partial charge in [-0.15, -0.1) is 0 Å². The number of nitrogens with one attached hydrogen (secondary N) is 2. The number of rotatable bonds is 4. The van der Waals surface area contributed by atoms with Gasteiger partial charge in [-0.3, -0.25) is 4.79 Å². The van der Waals surface area contributed by atoms with Crippen LogP contribution in [-0.2, 0) is 16.0 Å². The Labute approximate surface area is 119 Å². The molecule has 0 aromatic heterocycles. The van der Waals surface area contributed by atoms with Gasteiger partial charge in [0.2, 0.25) is 5.91 Å². The first-order valence-corrected chi connectivity index (χ1v) is 7.52. The average molecular weight is 274 g/mol. The number of para-hydroxylation sites is 1. The van der Waals surface area contributed by atoms with Crippen LogP contribution in [0, 0.1) is 0 Å². The summed E-state index contributed by atoms with van der Waals surface area (Å²) in [5, 5.41) is 6.51. The Morgan fingerprint density at radius 1 is 1.35 bits per heavy atom. The second-order valence-corrected chi connectivity index (χ2v) is 5.65. The number of amides is 1. The van der Waals surface area contributed by atoms with Gasteiger partial charge in [-0.1, -0.05) is 18.2 Å². The van der Waals surface area contributed by atoms with Crippen molar-refractivity contribution in [1.29, 1.82) is 0 Å². The second kappa shape index (κ2) is 5.94. The van der Waals surface area contributed by atoms with E-state index < -0.39 is 0 Å². The summed E-state index contributed by atoms with van der Waals surface area (Å²) in [6.45, 7) is 2.80. The summed E-state index contributed by atoms with van der Waals surface area (Å²) in [5.74, 6) is 0.0924. The molecule has 1 aromatic rings. The van der Waals surface area contributed by atoms with Crippen LogP contribution in [0.3, 0.4) is 0 Å². The maximum Gasteiger partial charge on any atom is 0.241 e. The van der Waals surface area contributed by atoms with Gasteiger partial charge >= 0.3 is 0 Å². The number of ether oxygens (including phenoxy) is 1. The third-order valence-corrected chi connectivity index (χ3v) is 4.23. The van der Waals surface area contributed by atoms with E-state index >= 15 is 0 Å². The number of carbonyl (C=O) groups excluding carboxylic acids is 1. The summed E-state index contributed by atoms with van der Waals surface area (Å²) < 4.78 is 5.56.